The molecule has 9 heteroatoms. The standard InChI is InChI=1S/C17H16BrN5O3/c1-23-13-14(25-2)11(8-20-15(13)22-17(23)18)26-10-5-6-19-12(7-10)21-16(24)9-3-4-9/h5-9H,3-4H2,1-2H3,(H,19,21,24). The average Bonchev–Trinajstić information content (AvgIpc) is 3.43. The zero-order chi connectivity index (χ0) is 18.3. The van der Waals surface area contributed by atoms with E-state index in [2.05, 4.69) is 36.2 Å². The molecule has 4 rings (SSSR count). The maximum Gasteiger partial charge on any atom is 0.228 e. The lowest BCUT2D eigenvalue weighted by Gasteiger charge is -2.12. The Morgan fingerprint density at radius 3 is 2.92 bits per heavy atom. The molecule has 0 spiro atoms. The van der Waals surface area contributed by atoms with Crippen molar-refractivity contribution in [3.8, 4) is 17.2 Å². The number of aromatic nitrogens is 4. The van der Waals surface area contributed by atoms with Crippen LogP contribution < -0.4 is 14.8 Å². The molecule has 8 nitrogen and oxygen atoms in total. The summed E-state index contributed by atoms with van der Waals surface area (Å²) in [6, 6.07) is 3.37. The number of imidazole rings is 1. The predicted molar refractivity (Wildman–Crippen MR) is 98.4 cm³/mol. The fourth-order valence-electron chi connectivity index (χ4n) is 2.61. The summed E-state index contributed by atoms with van der Waals surface area (Å²) in [6.07, 6.45) is 5.01. The summed E-state index contributed by atoms with van der Waals surface area (Å²) in [4.78, 5) is 24.7. The van der Waals surface area contributed by atoms with E-state index in [1.165, 1.54) is 0 Å². The van der Waals surface area contributed by atoms with Gasteiger partial charge in [0.25, 0.3) is 0 Å². The van der Waals surface area contributed by atoms with E-state index in [-0.39, 0.29) is 11.8 Å². The molecule has 3 aromatic rings. The Morgan fingerprint density at radius 2 is 2.19 bits per heavy atom. The second-order valence-electron chi connectivity index (χ2n) is 6.01. The van der Waals surface area contributed by atoms with Gasteiger partial charge in [0.2, 0.25) is 5.91 Å². The molecule has 0 bridgehead atoms. The minimum Gasteiger partial charge on any atom is -0.491 e. The van der Waals surface area contributed by atoms with Crippen molar-refractivity contribution in [1.29, 1.82) is 0 Å². The van der Waals surface area contributed by atoms with Crippen LogP contribution in [0.4, 0.5) is 5.82 Å². The molecule has 0 atom stereocenters. The molecule has 1 N–H and O–H groups in total. The summed E-state index contributed by atoms with van der Waals surface area (Å²) >= 11 is 3.38. The van der Waals surface area contributed by atoms with Gasteiger partial charge in [0.05, 0.1) is 13.3 Å². The SMILES string of the molecule is COc1c(Oc2ccnc(NC(=O)C3CC3)c2)cnc2nc(Br)n(C)c12. The maximum absolute atomic E-state index is 11.9. The van der Waals surface area contributed by atoms with Crippen LogP contribution >= 0.6 is 15.9 Å². The van der Waals surface area contributed by atoms with Gasteiger partial charge in [-0.2, -0.15) is 0 Å². The Labute approximate surface area is 157 Å². The number of hydrogen-bond donors (Lipinski definition) is 1. The van der Waals surface area contributed by atoms with Crippen LogP contribution in [0.25, 0.3) is 11.2 Å². The van der Waals surface area contributed by atoms with Crippen molar-refractivity contribution in [3.63, 3.8) is 0 Å². The first kappa shape index (κ1) is 16.8. The largest absolute Gasteiger partial charge is 0.491 e. The van der Waals surface area contributed by atoms with E-state index >= 15 is 0 Å². The first-order chi connectivity index (χ1) is 12.6. The number of amides is 1. The monoisotopic (exact) mass is 417 g/mol. The quantitative estimate of drug-likeness (QED) is 0.684. The van der Waals surface area contributed by atoms with E-state index in [0.717, 1.165) is 12.8 Å². The van der Waals surface area contributed by atoms with E-state index in [1.54, 1.807) is 31.6 Å². The third kappa shape index (κ3) is 3.10. The number of pyridine rings is 2. The number of methoxy groups -OCH3 is 1. The second kappa shape index (κ2) is 6.56. The lowest BCUT2D eigenvalue weighted by Crippen LogP contribution is -2.14. The summed E-state index contributed by atoms with van der Waals surface area (Å²) in [7, 11) is 3.42. The second-order valence-corrected chi connectivity index (χ2v) is 6.72. The van der Waals surface area contributed by atoms with E-state index in [1.807, 2.05) is 11.6 Å². The number of carbonyl (C=O) groups excluding carboxylic acids is 1. The number of ether oxygens (including phenoxy) is 2. The van der Waals surface area contributed by atoms with Crippen molar-refractivity contribution in [2.24, 2.45) is 13.0 Å². The van der Waals surface area contributed by atoms with Crippen LogP contribution in [0.2, 0.25) is 0 Å². The fourth-order valence-corrected chi connectivity index (χ4v) is 2.96. The number of fused-ring (bicyclic) bond motifs is 1. The highest BCUT2D eigenvalue weighted by molar-refractivity contribution is 9.10. The normalized spacial score (nSPS) is 13.7. The maximum atomic E-state index is 11.9. The van der Waals surface area contributed by atoms with Crippen LogP contribution in [0.3, 0.4) is 0 Å². The number of aryl methyl sites for hydroxylation is 1. The van der Waals surface area contributed by atoms with Crippen LogP contribution in [-0.2, 0) is 11.8 Å². The number of anilines is 1. The minimum atomic E-state index is -0.00458. The Hall–Kier alpha value is -2.68. The van der Waals surface area contributed by atoms with E-state index in [9.17, 15) is 4.79 Å². The topological polar surface area (TPSA) is 91.2 Å². The molecule has 3 aromatic heterocycles. The van der Waals surface area contributed by atoms with Gasteiger partial charge in [-0.3, -0.25) is 4.79 Å². The molecular weight excluding hydrogens is 402 g/mol. The predicted octanol–water partition coefficient (Wildman–Crippen LogP) is 3.28. The molecule has 1 amide bonds. The molecule has 1 saturated carbocycles. The highest BCUT2D eigenvalue weighted by atomic mass is 79.9. The number of nitrogens with one attached hydrogen (secondary N) is 1. The van der Waals surface area contributed by atoms with Gasteiger partial charge in [-0.1, -0.05) is 0 Å². The molecule has 134 valence electrons. The summed E-state index contributed by atoms with van der Waals surface area (Å²) in [5, 5.41) is 2.80. The Balaban J connectivity index is 1.64. The number of rotatable bonds is 5. The summed E-state index contributed by atoms with van der Waals surface area (Å²) in [5.41, 5.74) is 1.27. The lowest BCUT2D eigenvalue weighted by molar-refractivity contribution is -0.117. The third-order valence-electron chi connectivity index (χ3n) is 4.13. The van der Waals surface area contributed by atoms with Crippen molar-refractivity contribution in [2.45, 2.75) is 12.8 Å². The lowest BCUT2D eigenvalue weighted by atomic mass is 10.3. The molecule has 3 heterocycles. The van der Waals surface area contributed by atoms with Crippen molar-refractivity contribution in [2.75, 3.05) is 12.4 Å². The molecule has 0 aliphatic heterocycles. The highest BCUT2D eigenvalue weighted by Gasteiger charge is 2.29. The average molecular weight is 418 g/mol. The van der Waals surface area contributed by atoms with Crippen molar-refractivity contribution < 1.29 is 14.3 Å². The molecule has 1 aliphatic carbocycles. The van der Waals surface area contributed by atoms with Crippen LogP contribution in [0.1, 0.15) is 12.8 Å². The van der Waals surface area contributed by atoms with Crippen molar-refractivity contribution in [1.82, 2.24) is 19.5 Å². The van der Waals surface area contributed by atoms with E-state index in [0.29, 0.717) is 39.0 Å². The zero-order valence-corrected chi connectivity index (χ0v) is 15.8. The zero-order valence-electron chi connectivity index (χ0n) is 14.2. The molecule has 26 heavy (non-hydrogen) atoms. The number of hydrogen-bond acceptors (Lipinski definition) is 6. The van der Waals surface area contributed by atoms with Crippen LogP contribution in [0.15, 0.2) is 29.3 Å². The summed E-state index contributed by atoms with van der Waals surface area (Å²) in [6.45, 7) is 0. The van der Waals surface area contributed by atoms with Gasteiger partial charge >= 0.3 is 0 Å². The van der Waals surface area contributed by atoms with Gasteiger partial charge in [-0.15, -0.1) is 0 Å². The minimum absolute atomic E-state index is 0.00458. The number of nitrogens with zero attached hydrogens (tertiary/aromatic N) is 4. The summed E-state index contributed by atoms with van der Waals surface area (Å²) in [5.74, 6) is 2.05. The molecule has 0 unspecified atom stereocenters. The molecule has 0 radical (unpaired) electrons. The van der Waals surface area contributed by atoms with Gasteiger partial charge in [0.15, 0.2) is 21.9 Å². The number of halogens is 1. The Bertz CT molecular complexity index is 999. The molecule has 1 aliphatic rings. The molecular formula is C17H16BrN5O3. The first-order valence-corrected chi connectivity index (χ1v) is 8.86. The van der Waals surface area contributed by atoms with Gasteiger partial charge in [-0.25, -0.2) is 15.0 Å². The van der Waals surface area contributed by atoms with Gasteiger partial charge in [0, 0.05) is 25.2 Å². The molecule has 1 fully saturated rings. The first-order valence-electron chi connectivity index (χ1n) is 8.06. The van der Waals surface area contributed by atoms with Gasteiger partial charge < -0.3 is 19.4 Å². The van der Waals surface area contributed by atoms with Crippen LogP contribution in [0.5, 0.6) is 17.2 Å². The smallest absolute Gasteiger partial charge is 0.228 e. The number of carbonyl (C=O) groups is 1. The molecule has 0 saturated heterocycles. The highest BCUT2D eigenvalue weighted by Crippen LogP contribution is 2.38. The molecule has 0 aromatic carbocycles. The summed E-state index contributed by atoms with van der Waals surface area (Å²) < 4.78 is 13.9. The fraction of sp³-hybridized carbons (Fsp3) is 0.294. The van der Waals surface area contributed by atoms with Crippen molar-refractivity contribution >= 4 is 38.8 Å². The van der Waals surface area contributed by atoms with E-state index in [4.69, 9.17) is 9.47 Å². The van der Waals surface area contributed by atoms with Crippen LogP contribution in [-0.4, -0.2) is 32.5 Å². The third-order valence-corrected chi connectivity index (χ3v) is 4.84. The Kier molecular flexibility index (Phi) is 4.23. The van der Waals surface area contributed by atoms with E-state index < -0.39 is 0 Å². The Morgan fingerprint density at radius 1 is 1.38 bits per heavy atom. The van der Waals surface area contributed by atoms with Gasteiger partial charge in [-0.05, 0) is 34.8 Å². The van der Waals surface area contributed by atoms with Crippen LogP contribution in [0, 0.1) is 5.92 Å². The van der Waals surface area contributed by atoms with Gasteiger partial charge in [0.1, 0.15) is 17.1 Å². The van der Waals surface area contributed by atoms with Crippen molar-refractivity contribution in [3.05, 3.63) is 29.3 Å².